The molecule has 0 saturated heterocycles. The van der Waals surface area contributed by atoms with E-state index >= 15 is 0 Å². The molecule has 1 rings (SSSR count). The van der Waals surface area contributed by atoms with Crippen LogP contribution in [0.4, 0.5) is 5.69 Å². The highest BCUT2D eigenvalue weighted by Gasteiger charge is 2.16. The molecular formula is C12H17ClN2O2. The van der Waals surface area contributed by atoms with Crippen molar-refractivity contribution < 1.29 is 4.92 Å². The summed E-state index contributed by atoms with van der Waals surface area (Å²) in [6.45, 7) is 4.60. The minimum atomic E-state index is -0.395. The number of halogens is 1. The molecule has 0 bridgehead atoms. The Labute approximate surface area is 106 Å². The molecule has 17 heavy (non-hydrogen) atoms. The highest BCUT2D eigenvalue weighted by molar-refractivity contribution is 6.31. The molecule has 1 unspecified atom stereocenters. The molecule has 0 aliphatic heterocycles. The van der Waals surface area contributed by atoms with Crippen LogP contribution < -0.4 is 5.32 Å². The van der Waals surface area contributed by atoms with E-state index in [9.17, 15) is 10.1 Å². The van der Waals surface area contributed by atoms with Gasteiger partial charge in [-0.05, 0) is 19.4 Å². The molecule has 1 aromatic carbocycles. The maximum atomic E-state index is 10.9. The lowest BCUT2D eigenvalue weighted by Gasteiger charge is -2.13. The highest BCUT2D eigenvalue weighted by atomic mass is 35.5. The van der Waals surface area contributed by atoms with Gasteiger partial charge in [-0.2, -0.15) is 0 Å². The molecule has 0 spiro atoms. The molecule has 0 heterocycles. The highest BCUT2D eigenvalue weighted by Crippen LogP contribution is 2.26. The van der Waals surface area contributed by atoms with Crippen LogP contribution in [-0.4, -0.2) is 11.0 Å². The predicted molar refractivity (Wildman–Crippen MR) is 69.3 cm³/mol. The second-order valence-corrected chi connectivity index (χ2v) is 4.47. The topological polar surface area (TPSA) is 55.2 Å². The van der Waals surface area contributed by atoms with Gasteiger partial charge in [0, 0.05) is 18.7 Å². The zero-order valence-corrected chi connectivity index (χ0v) is 10.8. The summed E-state index contributed by atoms with van der Waals surface area (Å²) in [4.78, 5) is 10.5. The summed E-state index contributed by atoms with van der Waals surface area (Å²) >= 11 is 5.99. The molecule has 1 atom stereocenters. The fourth-order valence-electron chi connectivity index (χ4n) is 1.70. The van der Waals surface area contributed by atoms with Crippen molar-refractivity contribution in [3.05, 3.63) is 38.9 Å². The van der Waals surface area contributed by atoms with Gasteiger partial charge in [0.05, 0.1) is 15.5 Å². The van der Waals surface area contributed by atoms with Crippen molar-refractivity contribution in [3.8, 4) is 0 Å². The van der Waals surface area contributed by atoms with Crippen LogP contribution in [-0.2, 0) is 6.54 Å². The number of benzene rings is 1. The minimum absolute atomic E-state index is 0.0775. The molecule has 0 aliphatic rings. The van der Waals surface area contributed by atoms with Gasteiger partial charge in [-0.3, -0.25) is 10.1 Å². The Morgan fingerprint density at radius 2 is 2.24 bits per heavy atom. The second-order valence-electron chi connectivity index (χ2n) is 4.07. The van der Waals surface area contributed by atoms with Crippen molar-refractivity contribution in [3.63, 3.8) is 0 Å². The van der Waals surface area contributed by atoms with Gasteiger partial charge in [0.2, 0.25) is 0 Å². The Kier molecular flexibility index (Phi) is 5.38. The number of hydrogen-bond donors (Lipinski definition) is 1. The van der Waals surface area contributed by atoms with Crippen molar-refractivity contribution in [2.24, 2.45) is 0 Å². The molecule has 1 aromatic rings. The smallest absolute Gasteiger partial charge is 0.275 e. The summed E-state index contributed by atoms with van der Waals surface area (Å²) in [5.74, 6) is 0. The Morgan fingerprint density at radius 1 is 1.53 bits per heavy atom. The fourth-order valence-corrected chi connectivity index (χ4v) is 1.94. The molecule has 0 fully saturated rings. The second kappa shape index (κ2) is 6.57. The quantitative estimate of drug-likeness (QED) is 0.626. The van der Waals surface area contributed by atoms with E-state index in [4.69, 9.17) is 11.6 Å². The zero-order valence-electron chi connectivity index (χ0n) is 10.1. The molecule has 0 aromatic heterocycles. The Bertz CT molecular complexity index is 396. The summed E-state index contributed by atoms with van der Waals surface area (Å²) in [5.41, 5.74) is 0.635. The number of rotatable bonds is 6. The van der Waals surface area contributed by atoms with E-state index in [2.05, 4.69) is 19.2 Å². The van der Waals surface area contributed by atoms with E-state index in [-0.39, 0.29) is 5.69 Å². The summed E-state index contributed by atoms with van der Waals surface area (Å²) in [5, 5.41) is 14.6. The number of nitro benzene ring substituents is 1. The molecule has 4 nitrogen and oxygen atoms in total. The average Bonchev–Trinajstić information content (AvgIpc) is 2.27. The third kappa shape index (κ3) is 3.98. The SMILES string of the molecule is CCCC(C)NCc1c(Cl)cccc1[N+](=O)[O-]. The minimum Gasteiger partial charge on any atom is -0.310 e. The first kappa shape index (κ1) is 13.9. The molecule has 0 saturated carbocycles. The predicted octanol–water partition coefficient (Wildman–Crippen LogP) is 3.53. The first-order chi connectivity index (χ1) is 8.06. The van der Waals surface area contributed by atoms with Gasteiger partial charge in [-0.15, -0.1) is 0 Å². The average molecular weight is 257 g/mol. The fraction of sp³-hybridized carbons (Fsp3) is 0.500. The van der Waals surface area contributed by atoms with Crippen LogP contribution in [0.25, 0.3) is 0 Å². The first-order valence-electron chi connectivity index (χ1n) is 5.71. The van der Waals surface area contributed by atoms with Gasteiger partial charge in [-0.25, -0.2) is 0 Å². The van der Waals surface area contributed by atoms with Crippen LogP contribution in [0.2, 0.25) is 5.02 Å². The number of hydrogen-bond acceptors (Lipinski definition) is 3. The van der Waals surface area contributed by atoms with Crippen LogP contribution in [0.1, 0.15) is 32.3 Å². The monoisotopic (exact) mass is 256 g/mol. The summed E-state index contributed by atoms with van der Waals surface area (Å²) in [7, 11) is 0. The lowest BCUT2D eigenvalue weighted by Crippen LogP contribution is -2.25. The number of nitrogens with one attached hydrogen (secondary N) is 1. The number of nitrogens with zero attached hydrogens (tertiary/aromatic N) is 1. The Hall–Kier alpha value is -1.13. The van der Waals surface area contributed by atoms with E-state index in [0.29, 0.717) is 23.2 Å². The van der Waals surface area contributed by atoms with Crippen molar-refractivity contribution in [1.29, 1.82) is 0 Å². The van der Waals surface area contributed by atoms with Gasteiger partial charge >= 0.3 is 0 Å². The van der Waals surface area contributed by atoms with E-state index in [1.807, 2.05) is 0 Å². The lowest BCUT2D eigenvalue weighted by molar-refractivity contribution is -0.385. The molecular weight excluding hydrogens is 240 g/mol. The van der Waals surface area contributed by atoms with E-state index in [1.165, 1.54) is 6.07 Å². The maximum absolute atomic E-state index is 10.9. The summed E-state index contributed by atoms with van der Waals surface area (Å²) < 4.78 is 0. The lowest BCUT2D eigenvalue weighted by atomic mass is 10.1. The zero-order chi connectivity index (χ0) is 12.8. The Balaban J connectivity index is 2.79. The summed E-state index contributed by atoms with van der Waals surface area (Å²) in [6, 6.07) is 5.08. The van der Waals surface area contributed by atoms with Crippen LogP contribution >= 0.6 is 11.6 Å². The van der Waals surface area contributed by atoms with Crippen molar-refractivity contribution in [2.45, 2.75) is 39.3 Å². The normalized spacial score (nSPS) is 12.4. The van der Waals surface area contributed by atoms with E-state index in [0.717, 1.165) is 12.8 Å². The van der Waals surface area contributed by atoms with E-state index in [1.54, 1.807) is 12.1 Å². The van der Waals surface area contributed by atoms with Gasteiger partial charge < -0.3 is 5.32 Å². The van der Waals surface area contributed by atoms with Gasteiger partial charge in [0.15, 0.2) is 0 Å². The number of nitro groups is 1. The van der Waals surface area contributed by atoms with Gasteiger partial charge in [-0.1, -0.05) is 31.0 Å². The maximum Gasteiger partial charge on any atom is 0.275 e. The van der Waals surface area contributed by atoms with Crippen molar-refractivity contribution in [1.82, 2.24) is 5.32 Å². The van der Waals surface area contributed by atoms with Gasteiger partial charge in [0.25, 0.3) is 5.69 Å². The van der Waals surface area contributed by atoms with Crippen LogP contribution in [0.3, 0.4) is 0 Å². The molecule has 94 valence electrons. The summed E-state index contributed by atoms with van der Waals surface area (Å²) in [6.07, 6.45) is 2.12. The molecule has 0 amide bonds. The molecule has 0 aliphatic carbocycles. The third-order valence-electron chi connectivity index (χ3n) is 2.64. The van der Waals surface area contributed by atoms with Gasteiger partial charge in [0.1, 0.15) is 0 Å². The van der Waals surface area contributed by atoms with E-state index < -0.39 is 4.92 Å². The largest absolute Gasteiger partial charge is 0.310 e. The van der Waals surface area contributed by atoms with Crippen LogP contribution in [0, 0.1) is 10.1 Å². The molecule has 5 heteroatoms. The standard InChI is InChI=1S/C12H17ClN2O2/c1-3-5-9(2)14-8-10-11(13)6-4-7-12(10)15(16)17/h4,6-7,9,14H,3,5,8H2,1-2H3. The van der Waals surface area contributed by atoms with Crippen molar-refractivity contribution >= 4 is 17.3 Å². The Morgan fingerprint density at radius 3 is 2.82 bits per heavy atom. The van der Waals surface area contributed by atoms with Crippen molar-refractivity contribution in [2.75, 3.05) is 0 Å². The molecule has 0 radical (unpaired) electrons. The van der Waals surface area contributed by atoms with Crippen LogP contribution in [0.15, 0.2) is 18.2 Å². The molecule has 1 N–H and O–H groups in total. The van der Waals surface area contributed by atoms with Crippen LogP contribution in [0.5, 0.6) is 0 Å². The first-order valence-corrected chi connectivity index (χ1v) is 6.09. The third-order valence-corrected chi connectivity index (χ3v) is 2.99.